The van der Waals surface area contributed by atoms with Gasteiger partial charge in [-0.05, 0) is 38.1 Å². The molecule has 0 saturated carbocycles. The zero-order valence-corrected chi connectivity index (χ0v) is 11.0. The van der Waals surface area contributed by atoms with Gasteiger partial charge in [0.25, 0.3) is 5.91 Å². The second kappa shape index (κ2) is 5.91. The molecule has 0 atom stereocenters. The predicted molar refractivity (Wildman–Crippen MR) is 74.2 cm³/mol. The number of nitrogens with two attached hydrogens (primary N) is 1. The summed E-state index contributed by atoms with van der Waals surface area (Å²) in [4.78, 5) is 23.3. The fourth-order valence-electron chi connectivity index (χ4n) is 1.33. The fraction of sp³-hybridized carbons (Fsp3) is 0.286. The molecule has 0 saturated heterocycles. The lowest BCUT2D eigenvalue weighted by Crippen LogP contribution is -2.46. The lowest BCUT2D eigenvalue weighted by atomic mass is 10.1. The highest BCUT2D eigenvalue weighted by Gasteiger charge is 2.17. The first-order chi connectivity index (χ1) is 8.84. The number of nitrogens with one attached hydrogen (secondary N) is 2. The Morgan fingerprint density at radius 3 is 2.42 bits per heavy atom. The average Bonchev–Trinajstić information content (AvgIpc) is 2.36. The summed E-state index contributed by atoms with van der Waals surface area (Å²) in [7, 11) is 0. The van der Waals surface area contributed by atoms with Crippen molar-refractivity contribution in [3.05, 3.63) is 29.8 Å². The van der Waals surface area contributed by atoms with Gasteiger partial charge in [0.2, 0.25) is 5.91 Å². The van der Waals surface area contributed by atoms with Gasteiger partial charge < -0.3 is 16.4 Å². The third-order valence-electron chi connectivity index (χ3n) is 2.40. The van der Waals surface area contributed by atoms with Crippen LogP contribution < -0.4 is 16.4 Å². The molecule has 5 heteroatoms. The largest absolute Gasteiger partial charge is 0.399 e. The van der Waals surface area contributed by atoms with Crippen LogP contribution in [0.2, 0.25) is 0 Å². The van der Waals surface area contributed by atoms with E-state index in [0.717, 1.165) is 0 Å². The number of hydrogen-bond acceptors (Lipinski definition) is 3. The van der Waals surface area contributed by atoms with Crippen LogP contribution in [0.1, 0.15) is 24.2 Å². The van der Waals surface area contributed by atoms with E-state index >= 15 is 0 Å². The molecule has 0 radical (unpaired) electrons. The summed E-state index contributed by atoms with van der Waals surface area (Å²) in [5, 5.41) is 5.12. The second-order valence-electron chi connectivity index (χ2n) is 4.62. The Labute approximate surface area is 112 Å². The second-order valence-corrected chi connectivity index (χ2v) is 4.62. The highest BCUT2D eigenvalue weighted by Crippen LogP contribution is 2.05. The number of rotatable bonds is 4. The first-order valence-corrected chi connectivity index (χ1v) is 5.76. The van der Waals surface area contributed by atoms with Crippen LogP contribution in [0.15, 0.2) is 24.3 Å². The summed E-state index contributed by atoms with van der Waals surface area (Å²) < 4.78 is 0. The number of carbonyl (C=O) groups is 2. The molecule has 0 spiro atoms. The maximum atomic E-state index is 11.7. The topological polar surface area (TPSA) is 84.2 Å². The van der Waals surface area contributed by atoms with Gasteiger partial charge in [-0.15, -0.1) is 6.42 Å². The van der Waals surface area contributed by atoms with E-state index in [1.165, 1.54) is 0 Å². The molecule has 0 heterocycles. The van der Waals surface area contributed by atoms with E-state index in [0.29, 0.717) is 11.3 Å². The standard InChI is InChI=1S/C14H17N3O2/c1-4-14(2,3)17-12(18)9-16-13(19)10-5-7-11(15)8-6-10/h1,5-8H,9,15H2,2-3H3,(H,16,19)(H,17,18). The number of amides is 2. The van der Waals surface area contributed by atoms with Crippen molar-refractivity contribution in [1.29, 1.82) is 0 Å². The summed E-state index contributed by atoms with van der Waals surface area (Å²) in [6.45, 7) is 3.27. The molecule has 19 heavy (non-hydrogen) atoms. The van der Waals surface area contributed by atoms with Crippen molar-refractivity contribution in [3.8, 4) is 12.3 Å². The van der Waals surface area contributed by atoms with Gasteiger partial charge in [-0.2, -0.15) is 0 Å². The van der Waals surface area contributed by atoms with Crippen molar-refractivity contribution >= 4 is 17.5 Å². The molecule has 1 aromatic carbocycles. The van der Waals surface area contributed by atoms with Crippen LogP contribution in [0.25, 0.3) is 0 Å². The third kappa shape index (κ3) is 4.72. The monoisotopic (exact) mass is 259 g/mol. The molecule has 0 fully saturated rings. The van der Waals surface area contributed by atoms with Gasteiger partial charge in [-0.1, -0.05) is 5.92 Å². The summed E-state index contributed by atoms with van der Waals surface area (Å²) in [5.74, 6) is 1.76. The van der Waals surface area contributed by atoms with E-state index in [-0.39, 0.29) is 18.4 Å². The Kier molecular flexibility index (Phi) is 4.54. The highest BCUT2D eigenvalue weighted by molar-refractivity contribution is 5.96. The molecule has 0 aliphatic rings. The SMILES string of the molecule is C#CC(C)(C)NC(=O)CNC(=O)c1ccc(N)cc1. The number of nitrogen functional groups attached to an aromatic ring is 1. The molecule has 0 aromatic heterocycles. The molecule has 100 valence electrons. The minimum atomic E-state index is -0.733. The van der Waals surface area contributed by atoms with Crippen molar-refractivity contribution in [2.24, 2.45) is 0 Å². The van der Waals surface area contributed by atoms with Crippen molar-refractivity contribution in [2.75, 3.05) is 12.3 Å². The zero-order valence-electron chi connectivity index (χ0n) is 11.0. The minimum absolute atomic E-state index is 0.131. The lowest BCUT2D eigenvalue weighted by Gasteiger charge is -2.19. The quantitative estimate of drug-likeness (QED) is 0.544. The zero-order chi connectivity index (χ0) is 14.5. The molecular weight excluding hydrogens is 242 g/mol. The first-order valence-electron chi connectivity index (χ1n) is 5.76. The van der Waals surface area contributed by atoms with Crippen molar-refractivity contribution in [3.63, 3.8) is 0 Å². The van der Waals surface area contributed by atoms with Gasteiger partial charge in [-0.3, -0.25) is 9.59 Å². The van der Waals surface area contributed by atoms with Crippen molar-refractivity contribution < 1.29 is 9.59 Å². The van der Waals surface area contributed by atoms with Crippen LogP contribution >= 0.6 is 0 Å². The fourth-order valence-corrected chi connectivity index (χ4v) is 1.33. The molecular formula is C14H17N3O2. The maximum Gasteiger partial charge on any atom is 0.251 e. The Morgan fingerprint density at radius 1 is 1.32 bits per heavy atom. The van der Waals surface area contributed by atoms with E-state index in [2.05, 4.69) is 16.6 Å². The van der Waals surface area contributed by atoms with E-state index in [4.69, 9.17) is 12.2 Å². The third-order valence-corrected chi connectivity index (χ3v) is 2.40. The van der Waals surface area contributed by atoms with Crippen LogP contribution in [0.5, 0.6) is 0 Å². The van der Waals surface area contributed by atoms with E-state index in [9.17, 15) is 9.59 Å². The molecule has 5 nitrogen and oxygen atoms in total. The predicted octanol–water partition coefficient (Wildman–Crippen LogP) is 0.527. The smallest absolute Gasteiger partial charge is 0.251 e. The highest BCUT2D eigenvalue weighted by atomic mass is 16.2. The number of benzene rings is 1. The Morgan fingerprint density at radius 2 is 1.89 bits per heavy atom. The van der Waals surface area contributed by atoms with Gasteiger partial charge in [0.1, 0.15) is 0 Å². The van der Waals surface area contributed by atoms with E-state index in [1.807, 2.05) is 0 Å². The summed E-state index contributed by atoms with van der Waals surface area (Å²) in [6.07, 6.45) is 5.25. The summed E-state index contributed by atoms with van der Waals surface area (Å²) in [5.41, 5.74) is 5.80. The van der Waals surface area contributed by atoms with Crippen LogP contribution in [0.4, 0.5) is 5.69 Å². The van der Waals surface area contributed by atoms with Crippen LogP contribution in [-0.4, -0.2) is 23.9 Å². The maximum absolute atomic E-state index is 11.7. The van der Waals surface area contributed by atoms with Gasteiger partial charge >= 0.3 is 0 Å². The summed E-state index contributed by atoms with van der Waals surface area (Å²) >= 11 is 0. The molecule has 0 aliphatic carbocycles. The molecule has 2 amide bonds. The Balaban J connectivity index is 2.49. The Hall–Kier alpha value is -2.48. The lowest BCUT2D eigenvalue weighted by molar-refractivity contribution is -0.121. The Bertz CT molecular complexity index is 512. The van der Waals surface area contributed by atoms with Crippen molar-refractivity contribution in [1.82, 2.24) is 10.6 Å². The molecule has 0 unspecified atom stereocenters. The molecule has 4 N–H and O–H groups in total. The average molecular weight is 259 g/mol. The normalized spacial score (nSPS) is 10.4. The summed E-state index contributed by atoms with van der Waals surface area (Å²) in [6, 6.07) is 6.43. The molecule has 0 aliphatic heterocycles. The molecule has 1 aromatic rings. The van der Waals surface area contributed by atoms with Gasteiger partial charge in [0, 0.05) is 11.3 Å². The van der Waals surface area contributed by atoms with E-state index < -0.39 is 5.54 Å². The van der Waals surface area contributed by atoms with Crippen LogP contribution in [0, 0.1) is 12.3 Å². The first kappa shape index (κ1) is 14.6. The number of hydrogen-bond donors (Lipinski definition) is 3. The van der Waals surface area contributed by atoms with Gasteiger partial charge in [-0.25, -0.2) is 0 Å². The van der Waals surface area contributed by atoms with Crippen molar-refractivity contribution in [2.45, 2.75) is 19.4 Å². The van der Waals surface area contributed by atoms with E-state index in [1.54, 1.807) is 38.1 Å². The molecule has 1 rings (SSSR count). The molecule has 0 bridgehead atoms. The number of anilines is 1. The number of carbonyl (C=O) groups excluding carboxylic acids is 2. The van der Waals surface area contributed by atoms with Crippen LogP contribution in [-0.2, 0) is 4.79 Å². The van der Waals surface area contributed by atoms with Crippen LogP contribution in [0.3, 0.4) is 0 Å². The number of terminal acetylenes is 1. The minimum Gasteiger partial charge on any atom is -0.399 e. The van der Waals surface area contributed by atoms with Gasteiger partial charge in [0.15, 0.2) is 0 Å². The van der Waals surface area contributed by atoms with Gasteiger partial charge in [0.05, 0.1) is 12.1 Å².